The molecule has 0 bridgehead atoms. The van der Waals surface area contributed by atoms with Crippen molar-refractivity contribution in [2.45, 2.75) is 32.6 Å². The molecular formula is C17H23NO2. The van der Waals surface area contributed by atoms with Crippen molar-refractivity contribution in [3.8, 4) is 0 Å². The largest absolute Gasteiger partial charge is 0.381 e. The third-order valence-electron chi connectivity index (χ3n) is 4.49. The number of hydrogen-bond donors (Lipinski definition) is 0. The summed E-state index contributed by atoms with van der Waals surface area (Å²) in [5.41, 5.74) is 4.02. The fourth-order valence-electron chi connectivity index (χ4n) is 3.47. The van der Waals surface area contributed by atoms with E-state index in [1.807, 2.05) is 4.90 Å². The van der Waals surface area contributed by atoms with Crippen LogP contribution in [0.5, 0.6) is 0 Å². The van der Waals surface area contributed by atoms with Gasteiger partial charge >= 0.3 is 0 Å². The molecule has 2 atom stereocenters. The molecule has 3 nitrogen and oxygen atoms in total. The number of carbonyl (C=O) groups excluding carboxylic acids is 1. The number of carbonyl (C=O) groups is 1. The third kappa shape index (κ3) is 2.73. The summed E-state index contributed by atoms with van der Waals surface area (Å²) in [5.74, 6) is 0.905. The lowest BCUT2D eigenvalue weighted by atomic mass is 9.95. The molecule has 2 aliphatic heterocycles. The molecule has 2 saturated heterocycles. The van der Waals surface area contributed by atoms with Crippen LogP contribution in [0.4, 0.5) is 0 Å². The van der Waals surface area contributed by atoms with Gasteiger partial charge in [0.25, 0.3) is 0 Å². The van der Waals surface area contributed by atoms with Gasteiger partial charge in [-0.05, 0) is 32.3 Å². The number of rotatable bonds is 2. The first-order valence-corrected chi connectivity index (χ1v) is 7.58. The number of aryl methyl sites for hydroxylation is 2. The molecule has 108 valence electrons. The SMILES string of the molecule is Cc1cc(C)cc(C2CCN(C(=O)C3CCOC3)C2)c1. The maximum Gasteiger partial charge on any atom is 0.228 e. The molecular weight excluding hydrogens is 250 g/mol. The van der Waals surface area contributed by atoms with E-state index < -0.39 is 0 Å². The van der Waals surface area contributed by atoms with Crippen LogP contribution in [0, 0.1) is 19.8 Å². The number of hydrogen-bond acceptors (Lipinski definition) is 2. The third-order valence-corrected chi connectivity index (χ3v) is 4.49. The molecule has 2 aliphatic rings. The van der Waals surface area contributed by atoms with Gasteiger partial charge in [0, 0.05) is 25.6 Å². The van der Waals surface area contributed by atoms with E-state index in [0.29, 0.717) is 18.4 Å². The van der Waals surface area contributed by atoms with Gasteiger partial charge < -0.3 is 9.64 Å². The molecule has 0 N–H and O–H groups in total. The zero-order valence-electron chi connectivity index (χ0n) is 12.4. The molecule has 0 aromatic heterocycles. The minimum atomic E-state index is 0.105. The van der Waals surface area contributed by atoms with Crippen LogP contribution in [0.15, 0.2) is 18.2 Å². The number of nitrogens with zero attached hydrogens (tertiary/aromatic N) is 1. The Bertz CT molecular complexity index is 485. The number of ether oxygens (including phenoxy) is 1. The van der Waals surface area contributed by atoms with E-state index in [1.54, 1.807) is 0 Å². The Morgan fingerprint density at radius 1 is 1.20 bits per heavy atom. The van der Waals surface area contributed by atoms with Gasteiger partial charge in [-0.1, -0.05) is 29.3 Å². The van der Waals surface area contributed by atoms with Crippen LogP contribution in [-0.2, 0) is 9.53 Å². The maximum atomic E-state index is 12.4. The highest BCUT2D eigenvalue weighted by atomic mass is 16.5. The molecule has 0 spiro atoms. The van der Waals surface area contributed by atoms with Crippen LogP contribution in [-0.4, -0.2) is 37.1 Å². The zero-order chi connectivity index (χ0) is 14.1. The van der Waals surface area contributed by atoms with Crippen molar-refractivity contribution >= 4 is 5.91 Å². The maximum absolute atomic E-state index is 12.4. The summed E-state index contributed by atoms with van der Waals surface area (Å²) >= 11 is 0. The van der Waals surface area contributed by atoms with Crippen molar-refractivity contribution in [2.75, 3.05) is 26.3 Å². The second-order valence-corrected chi connectivity index (χ2v) is 6.25. The minimum Gasteiger partial charge on any atom is -0.381 e. The Morgan fingerprint density at radius 3 is 2.60 bits per heavy atom. The van der Waals surface area contributed by atoms with Gasteiger partial charge in [0.15, 0.2) is 0 Å². The Labute approximate surface area is 120 Å². The Kier molecular flexibility index (Phi) is 3.79. The van der Waals surface area contributed by atoms with E-state index in [0.717, 1.165) is 32.5 Å². The molecule has 0 radical (unpaired) electrons. The number of likely N-dealkylation sites (tertiary alicyclic amines) is 1. The van der Waals surface area contributed by atoms with Crippen LogP contribution in [0.3, 0.4) is 0 Å². The molecule has 20 heavy (non-hydrogen) atoms. The van der Waals surface area contributed by atoms with Crippen molar-refractivity contribution in [3.63, 3.8) is 0 Å². The molecule has 2 fully saturated rings. The average Bonchev–Trinajstić information content (AvgIpc) is 3.09. The second-order valence-electron chi connectivity index (χ2n) is 6.25. The summed E-state index contributed by atoms with van der Waals surface area (Å²) in [4.78, 5) is 14.4. The van der Waals surface area contributed by atoms with Crippen molar-refractivity contribution in [1.82, 2.24) is 4.90 Å². The number of amides is 1. The summed E-state index contributed by atoms with van der Waals surface area (Å²) in [7, 11) is 0. The lowest BCUT2D eigenvalue weighted by Crippen LogP contribution is -2.34. The van der Waals surface area contributed by atoms with Gasteiger partial charge in [-0.25, -0.2) is 0 Å². The highest BCUT2D eigenvalue weighted by Gasteiger charge is 2.33. The highest BCUT2D eigenvalue weighted by molar-refractivity contribution is 5.79. The van der Waals surface area contributed by atoms with Crippen LogP contribution in [0.25, 0.3) is 0 Å². The van der Waals surface area contributed by atoms with Gasteiger partial charge in [-0.2, -0.15) is 0 Å². The van der Waals surface area contributed by atoms with Crippen molar-refractivity contribution in [1.29, 1.82) is 0 Å². The molecule has 3 rings (SSSR count). The fourth-order valence-corrected chi connectivity index (χ4v) is 3.47. The average molecular weight is 273 g/mol. The van der Waals surface area contributed by atoms with E-state index in [-0.39, 0.29) is 5.92 Å². The monoisotopic (exact) mass is 273 g/mol. The Morgan fingerprint density at radius 2 is 1.95 bits per heavy atom. The quantitative estimate of drug-likeness (QED) is 0.829. The molecule has 1 aromatic carbocycles. The molecule has 3 heteroatoms. The topological polar surface area (TPSA) is 29.5 Å². The minimum absolute atomic E-state index is 0.105. The lowest BCUT2D eigenvalue weighted by Gasteiger charge is -2.20. The predicted molar refractivity (Wildman–Crippen MR) is 78.8 cm³/mol. The van der Waals surface area contributed by atoms with Crippen LogP contribution < -0.4 is 0 Å². The molecule has 2 heterocycles. The van der Waals surface area contributed by atoms with Gasteiger partial charge in [-0.15, -0.1) is 0 Å². The van der Waals surface area contributed by atoms with Crippen molar-refractivity contribution in [2.24, 2.45) is 5.92 Å². The molecule has 0 aliphatic carbocycles. The van der Waals surface area contributed by atoms with E-state index in [9.17, 15) is 4.79 Å². The van der Waals surface area contributed by atoms with Crippen molar-refractivity contribution < 1.29 is 9.53 Å². The zero-order valence-corrected chi connectivity index (χ0v) is 12.4. The normalized spacial score (nSPS) is 26.2. The first-order valence-electron chi connectivity index (χ1n) is 7.58. The van der Waals surface area contributed by atoms with Gasteiger partial charge in [-0.3, -0.25) is 4.79 Å². The standard InChI is InChI=1S/C17H23NO2/c1-12-7-13(2)9-16(8-12)14-3-5-18(10-14)17(19)15-4-6-20-11-15/h7-9,14-15H,3-6,10-11H2,1-2H3. The number of benzene rings is 1. The van der Waals surface area contributed by atoms with Gasteiger partial charge in [0.2, 0.25) is 5.91 Å². The summed E-state index contributed by atoms with van der Waals surface area (Å²) in [5, 5.41) is 0. The Balaban J connectivity index is 1.68. The molecule has 1 aromatic rings. The van der Waals surface area contributed by atoms with Crippen LogP contribution >= 0.6 is 0 Å². The highest BCUT2D eigenvalue weighted by Crippen LogP contribution is 2.30. The van der Waals surface area contributed by atoms with Crippen molar-refractivity contribution in [3.05, 3.63) is 34.9 Å². The summed E-state index contributed by atoms with van der Waals surface area (Å²) in [6.07, 6.45) is 1.98. The van der Waals surface area contributed by atoms with E-state index in [2.05, 4.69) is 32.0 Å². The van der Waals surface area contributed by atoms with Gasteiger partial charge in [0.1, 0.15) is 0 Å². The Hall–Kier alpha value is -1.35. The molecule has 1 amide bonds. The van der Waals surface area contributed by atoms with E-state index in [1.165, 1.54) is 16.7 Å². The molecule has 0 saturated carbocycles. The molecule has 2 unspecified atom stereocenters. The smallest absolute Gasteiger partial charge is 0.228 e. The van der Waals surface area contributed by atoms with E-state index in [4.69, 9.17) is 4.74 Å². The fraction of sp³-hybridized carbons (Fsp3) is 0.588. The second kappa shape index (κ2) is 5.57. The van der Waals surface area contributed by atoms with E-state index >= 15 is 0 Å². The van der Waals surface area contributed by atoms with Crippen LogP contribution in [0.2, 0.25) is 0 Å². The summed E-state index contributed by atoms with van der Waals surface area (Å²) < 4.78 is 5.33. The lowest BCUT2D eigenvalue weighted by molar-refractivity contribution is -0.134. The van der Waals surface area contributed by atoms with Gasteiger partial charge in [0.05, 0.1) is 12.5 Å². The summed E-state index contributed by atoms with van der Waals surface area (Å²) in [6.45, 7) is 7.41. The predicted octanol–water partition coefficient (Wildman–Crippen LogP) is 2.66. The summed E-state index contributed by atoms with van der Waals surface area (Å²) in [6, 6.07) is 6.74. The first kappa shape index (κ1) is 13.6. The first-order chi connectivity index (χ1) is 9.63. The van der Waals surface area contributed by atoms with Crippen LogP contribution in [0.1, 0.15) is 35.4 Å².